The molecule has 0 spiro atoms. The molecule has 0 aromatic carbocycles. The van der Waals surface area contributed by atoms with E-state index in [9.17, 15) is 0 Å². The Balaban J connectivity index is 2.59. The van der Waals surface area contributed by atoms with E-state index in [1.54, 1.807) is 0 Å². The van der Waals surface area contributed by atoms with Crippen molar-refractivity contribution in [3.8, 4) is 0 Å². The minimum atomic E-state index is -1.28. The minimum Gasteiger partial charge on any atom is -0.372 e. The lowest BCUT2D eigenvalue weighted by Crippen LogP contribution is -2.37. The van der Waals surface area contributed by atoms with Crippen LogP contribution in [0.4, 0.5) is 0 Å². The molecule has 1 saturated heterocycles. The summed E-state index contributed by atoms with van der Waals surface area (Å²) in [6, 6.07) is 0. The van der Waals surface area contributed by atoms with Crippen molar-refractivity contribution >= 4 is 13.9 Å². The third-order valence-electron chi connectivity index (χ3n) is 1.91. The second-order valence-electron chi connectivity index (χ2n) is 4.28. The smallest absolute Gasteiger partial charge is 0.172 e. The normalized spacial score (nSPS) is 25.3. The van der Waals surface area contributed by atoms with Crippen LogP contribution in [0.2, 0.25) is 19.6 Å². The van der Waals surface area contributed by atoms with Gasteiger partial charge in [0.15, 0.2) is 8.24 Å². The van der Waals surface area contributed by atoms with Crippen LogP contribution in [0.1, 0.15) is 19.8 Å². The topological polar surface area (TPSA) is 21.6 Å². The number of hydrogen-bond acceptors (Lipinski definition) is 2. The third kappa shape index (κ3) is 2.72. The van der Waals surface area contributed by atoms with Crippen molar-refractivity contribution in [2.24, 2.45) is 4.66 Å². The van der Waals surface area contributed by atoms with Crippen molar-refractivity contribution in [2.75, 3.05) is 6.61 Å². The fourth-order valence-electron chi connectivity index (χ4n) is 1.31. The summed E-state index contributed by atoms with van der Waals surface area (Å²) < 4.78 is 10.2. The monoisotopic (exact) mass is 185 g/mol. The first-order valence-corrected chi connectivity index (χ1v) is 8.18. The summed E-state index contributed by atoms with van der Waals surface area (Å²) in [6.45, 7) is 9.89. The van der Waals surface area contributed by atoms with E-state index < -0.39 is 8.24 Å². The van der Waals surface area contributed by atoms with E-state index in [-0.39, 0.29) is 0 Å². The van der Waals surface area contributed by atoms with E-state index in [4.69, 9.17) is 9.39 Å². The second-order valence-corrected chi connectivity index (χ2v) is 8.84. The van der Waals surface area contributed by atoms with Crippen LogP contribution in [-0.2, 0) is 4.74 Å². The molecular weight excluding hydrogens is 166 g/mol. The highest BCUT2D eigenvalue weighted by molar-refractivity contribution is 6.75. The molecule has 1 heterocycles. The van der Waals surface area contributed by atoms with Crippen LogP contribution in [0.15, 0.2) is 4.66 Å². The van der Waals surface area contributed by atoms with Gasteiger partial charge in [0.25, 0.3) is 0 Å². The minimum absolute atomic E-state index is 0.363. The van der Waals surface area contributed by atoms with Gasteiger partial charge in [-0.15, -0.1) is 0 Å². The molecular formula is C9H19NOSi. The molecule has 0 bridgehead atoms. The average Bonchev–Trinajstić information content (AvgIpc) is 1.79. The first-order chi connectivity index (χ1) is 5.53. The summed E-state index contributed by atoms with van der Waals surface area (Å²) in [5, 5.41) is 0. The van der Waals surface area contributed by atoms with Crippen molar-refractivity contribution < 1.29 is 4.74 Å². The van der Waals surface area contributed by atoms with Crippen LogP contribution in [-0.4, -0.2) is 26.7 Å². The maximum absolute atomic E-state index is 5.42. The molecule has 1 rings (SSSR count). The van der Waals surface area contributed by atoms with Gasteiger partial charge in [0.2, 0.25) is 0 Å². The molecule has 3 heteroatoms. The second kappa shape index (κ2) is 3.71. The van der Waals surface area contributed by atoms with E-state index in [2.05, 4.69) is 26.6 Å². The zero-order valence-electron chi connectivity index (χ0n) is 8.55. The Kier molecular flexibility index (Phi) is 3.07. The van der Waals surface area contributed by atoms with E-state index in [0.717, 1.165) is 13.0 Å². The summed E-state index contributed by atoms with van der Waals surface area (Å²) in [6.07, 6.45) is 2.59. The fourth-order valence-corrected chi connectivity index (χ4v) is 2.47. The van der Waals surface area contributed by atoms with Crippen molar-refractivity contribution in [1.82, 2.24) is 0 Å². The lowest BCUT2D eigenvalue weighted by molar-refractivity contribution is -0.00651. The first-order valence-electron chi connectivity index (χ1n) is 4.73. The van der Waals surface area contributed by atoms with Crippen molar-refractivity contribution in [3.05, 3.63) is 0 Å². The molecule has 0 radical (unpaired) electrons. The van der Waals surface area contributed by atoms with Gasteiger partial charge in [-0.2, -0.15) is 0 Å². The van der Waals surface area contributed by atoms with Crippen LogP contribution in [0.25, 0.3) is 0 Å². The van der Waals surface area contributed by atoms with Crippen molar-refractivity contribution in [1.29, 1.82) is 0 Å². The summed E-state index contributed by atoms with van der Waals surface area (Å²) in [5.74, 6) is 0. The molecule has 2 nitrogen and oxygen atoms in total. The molecule has 70 valence electrons. The van der Waals surface area contributed by atoms with Crippen molar-refractivity contribution in [2.45, 2.75) is 45.5 Å². The van der Waals surface area contributed by atoms with Crippen LogP contribution >= 0.6 is 0 Å². The summed E-state index contributed by atoms with van der Waals surface area (Å²) in [5.41, 5.74) is 1.29. The van der Waals surface area contributed by atoms with Gasteiger partial charge in [0, 0.05) is 12.1 Å². The Labute approximate surface area is 76.1 Å². The number of ether oxygens (including phenoxy) is 1. The molecule has 12 heavy (non-hydrogen) atoms. The van der Waals surface area contributed by atoms with Gasteiger partial charge < -0.3 is 9.39 Å². The van der Waals surface area contributed by atoms with E-state index in [1.807, 2.05) is 0 Å². The maximum Gasteiger partial charge on any atom is 0.172 e. The third-order valence-corrected chi connectivity index (χ3v) is 2.87. The predicted octanol–water partition coefficient (Wildman–Crippen LogP) is 2.46. The molecule has 0 N–H and O–H groups in total. The molecule has 0 aromatic heterocycles. The summed E-state index contributed by atoms with van der Waals surface area (Å²) in [7, 11) is -1.28. The summed E-state index contributed by atoms with van der Waals surface area (Å²) in [4.78, 5) is 0. The van der Waals surface area contributed by atoms with E-state index >= 15 is 0 Å². The van der Waals surface area contributed by atoms with Gasteiger partial charge in [-0.3, -0.25) is 0 Å². The van der Waals surface area contributed by atoms with Crippen LogP contribution in [0.5, 0.6) is 0 Å². The molecule has 1 aliphatic heterocycles. The van der Waals surface area contributed by atoms with Gasteiger partial charge in [-0.25, -0.2) is 0 Å². The van der Waals surface area contributed by atoms with Crippen LogP contribution < -0.4 is 0 Å². The molecule has 0 aromatic rings. The number of nitrogens with zero attached hydrogens (tertiary/aromatic N) is 1. The van der Waals surface area contributed by atoms with Gasteiger partial charge in [-0.05, 0) is 26.1 Å². The Morgan fingerprint density at radius 2 is 2.08 bits per heavy atom. The molecule has 1 fully saturated rings. The summed E-state index contributed by atoms with van der Waals surface area (Å²) >= 11 is 0. The highest BCUT2D eigenvalue weighted by Crippen LogP contribution is 2.17. The van der Waals surface area contributed by atoms with E-state index in [0.29, 0.717) is 6.10 Å². The maximum atomic E-state index is 5.42. The Hall–Kier alpha value is -0.153. The van der Waals surface area contributed by atoms with E-state index in [1.165, 1.54) is 12.1 Å². The SMILES string of the molecule is CCC(=N[Si](C)(C)C)C1CCO1. The van der Waals surface area contributed by atoms with Crippen molar-refractivity contribution in [3.63, 3.8) is 0 Å². The standard InChI is InChI=1S/C9H19NOSi/c1-5-8(9-6-7-11-9)10-12(2,3)4/h9H,5-7H2,1-4H3. The highest BCUT2D eigenvalue weighted by Gasteiger charge is 2.24. The fraction of sp³-hybridized carbons (Fsp3) is 0.889. The zero-order valence-corrected chi connectivity index (χ0v) is 9.55. The van der Waals surface area contributed by atoms with Gasteiger partial charge in [0.1, 0.15) is 0 Å². The molecule has 0 aliphatic carbocycles. The molecule has 1 atom stereocenters. The van der Waals surface area contributed by atoms with Crippen LogP contribution in [0, 0.1) is 0 Å². The number of rotatable bonds is 3. The number of hydrogen-bond donors (Lipinski definition) is 0. The molecule has 1 unspecified atom stereocenters. The quantitative estimate of drug-likeness (QED) is 0.489. The molecule has 0 saturated carbocycles. The predicted molar refractivity (Wildman–Crippen MR) is 55.4 cm³/mol. The highest BCUT2D eigenvalue weighted by atomic mass is 28.3. The largest absolute Gasteiger partial charge is 0.372 e. The first kappa shape index (κ1) is 9.93. The molecule has 0 amide bonds. The molecule has 1 aliphatic rings. The Morgan fingerprint density at radius 3 is 2.33 bits per heavy atom. The zero-order chi connectivity index (χ0) is 9.19. The van der Waals surface area contributed by atoms with Crippen LogP contribution in [0.3, 0.4) is 0 Å². The van der Waals surface area contributed by atoms with Gasteiger partial charge in [0.05, 0.1) is 12.7 Å². The lowest BCUT2D eigenvalue weighted by atomic mass is 10.1. The Bertz CT molecular complexity index is 179. The van der Waals surface area contributed by atoms with Gasteiger partial charge >= 0.3 is 0 Å². The average molecular weight is 185 g/mol. The Morgan fingerprint density at radius 1 is 1.50 bits per heavy atom. The lowest BCUT2D eigenvalue weighted by Gasteiger charge is -2.29. The van der Waals surface area contributed by atoms with Gasteiger partial charge in [-0.1, -0.05) is 6.92 Å².